The SMILES string of the molecule is CCCC[C@@H]1NC1=O. The molecule has 46 valence electrons. The molecule has 0 aromatic heterocycles. The summed E-state index contributed by atoms with van der Waals surface area (Å²) in [7, 11) is 0. The van der Waals surface area contributed by atoms with Gasteiger partial charge in [0.25, 0.3) is 0 Å². The minimum absolute atomic E-state index is 0.231. The van der Waals surface area contributed by atoms with Gasteiger partial charge in [0, 0.05) is 0 Å². The molecule has 0 radical (unpaired) electrons. The Morgan fingerprint density at radius 2 is 2.38 bits per heavy atom. The largest absolute Gasteiger partial charge is 0.343 e. The Hall–Kier alpha value is -0.530. The van der Waals surface area contributed by atoms with Gasteiger partial charge in [-0.15, -0.1) is 0 Å². The van der Waals surface area contributed by atoms with Crippen LogP contribution in [0.4, 0.5) is 0 Å². The first-order chi connectivity index (χ1) is 3.84. The van der Waals surface area contributed by atoms with E-state index in [2.05, 4.69) is 12.2 Å². The summed E-state index contributed by atoms with van der Waals surface area (Å²) in [4.78, 5) is 10.3. The summed E-state index contributed by atoms with van der Waals surface area (Å²) in [6.45, 7) is 2.13. The second-order valence-electron chi connectivity index (χ2n) is 2.20. The van der Waals surface area contributed by atoms with Crippen LogP contribution in [0.3, 0.4) is 0 Å². The molecule has 1 atom stereocenters. The van der Waals surface area contributed by atoms with Crippen LogP contribution in [0.1, 0.15) is 26.2 Å². The summed E-state index contributed by atoms with van der Waals surface area (Å²) in [6.07, 6.45) is 3.39. The van der Waals surface area contributed by atoms with Crippen LogP contribution in [0, 0.1) is 0 Å². The predicted molar refractivity (Wildman–Crippen MR) is 31.5 cm³/mol. The summed E-state index contributed by atoms with van der Waals surface area (Å²) < 4.78 is 0. The fourth-order valence-corrected chi connectivity index (χ4v) is 0.742. The molecule has 1 fully saturated rings. The maximum absolute atomic E-state index is 10.3. The molecule has 0 unspecified atom stereocenters. The Morgan fingerprint density at radius 1 is 1.75 bits per heavy atom. The highest BCUT2D eigenvalue weighted by Crippen LogP contribution is 2.08. The highest BCUT2D eigenvalue weighted by atomic mass is 16.2. The van der Waals surface area contributed by atoms with Crippen molar-refractivity contribution in [2.24, 2.45) is 0 Å². The van der Waals surface area contributed by atoms with Crippen molar-refractivity contribution in [1.29, 1.82) is 0 Å². The smallest absolute Gasteiger partial charge is 0.243 e. The molecule has 8 heavy (non-hydrogen) atoms. The summed E-state index contributed by atoms with van der Waals surface area (Å²) in [6, 6.07) is 0.231. The van der Waals surface area contributed by atoms with Crippen molar-refractivity contribution < 1.29 is 4.79 Å². The van der Waals surface area contributed by atoms with E-state index in [-0.39, 0.29) is 11.9 Å². The second kappa shape index (κ2) is 2.16. The summed E-state index contributed by atoms with van der Waals surface area (Å²) in [5, 5.41) is 2.73. The van der Waals surface area contributed by atoms with Crippen molar-refractivity contribution in [3.63, 3.8) is 0 Å². The molecule has 2 nitrogen and oxygen atoms in total. The zero-order chi connectivity index (χ0) is 5.98. The van der Waals surface area contributed by atoms with Gasteiger partial charge in [-0.05, 0) is 6.42 Å². The van der Waals surface area contributed by atoms with Crippen LogP contribution in [-0.2, 0) is 4.79 Å². The van der Waals surface area contributed by atoms with E-state index in [9.17, 15) is 4.79 Å². The van der Waals surface area contributed by atoms with E-state index in [1.165, 1.54) is 12.8 Å². The van der Waals surface area contributed by atoms with Crippen molar-refractivity contribution in [2.45, 2.75) is 32.2 Å². The number of hydrogen-bond acceptors (Lipinski definition) is 1. The number of amides is 1. The lowest BCUT2D eigenvalue weighted by molar-refractivity contribution is -0.111. The van der Waals surface area contributed by atoms with Gasteiger partial charge in [-0.1, -0.05) is 19.8 Å². The Morgan fingerprint density at radius 3 is 2.75 bits per heavy atom. The number of nitrogens with one attached hydrogen (secondary N) is 1. The number of carbonyl (C=O) groups excluding carboxylic acids is 1. The van der Waals surface area contributed by atoms with Crippen molar-refractivity contribution in [1.82, 2.24) is 5.32 Å². The fraction of sp³-hybridized carbons (Fsp3) is 0.833. The third-order valence-corrected chi connectivity index (χ3v) is 1.40. The van der Waals surface area contributed by atoms with Crippen molar-refractivity contribution >= 4 is 5.91 Å². The van der Waals surface area contributed by atoms with Crippen LogP contribution in [0.15, 0.2) is 0 Å². The first-order valence-electron chi connectivity index (χ1n) is 3.15. The monoisotopic (exact) mass is 113 g/mol. The van der Waals surface area contributed by atoms with Gasteiger partial charge in [0.05, 0.1) is 0 Å². The van der Waals surface area contributed by atoms with Gasteiger partial charge in [0.1, 0.15) is 6.04 Å². The lowest BCUT2D eigenvalue weighted by Gasteiger charge is -1.86. The summed E-state index contributed by atoms with van der Waals surface area (Å²) >= 11 is 0. The van der Waals surface area contributed by atoms with E-state index in [4.69, 9.17) is 0 Å². The molecule has 1 rings (SSSR count). The molecule has 2 heteroatoms. The molecule has 1 saturated heterocycles. The molecule has 1 aliphatic rings. The number of carbonyl (C=O) groups is 1. The highest BCUT2D eigenvalue weighted by molar-refractivity contribution is 5.96. The van der Waals surface area contributed by atoms with Gasteiger partial charge < -0.3 is 5.32 Å². The highest BCUT2D eigenvalue weighted by Gasteiger charge is 2.31. The zero-order valence-electron chi connectivity index (χ0n) is 5.11. The van der Waals surface area contributed by atoms with Gasteiger partial charge in [-0.3, -0.25) is 4.79 Å². The van der Waals surface area contributed by atoms with Crippen molar-refractivity contribution in [3.8, 4) is 0 Å². The van der Waals surface area contributed by atoms with Crippen LogP contribution in [0.2, 0.25) is 0 Å². The zero-order valence-corrected chi connectivity index (χ0v) is 5.11. The van der Waals surface area contributed by atoms with Gasteiger partial charge >= 0.3 is 0 Å². The maximum atomic E-state index is 10.3. The number of hydrogen-bond donors (Lipinski definition) is 1. The van der Waals surface area contributed by atoms with E-state index in [0.29, 0.717) is 0 Å². The molecule has 1 amide bonds. The van der Waals surface area contributed by atoms with Crippen LogP contribution >= 0.6 is 0 Å². The summed E-state index contributed by atoms with van der Waals surface area (Å²) in [5.74, 6) is 0.235. The molecule has 0 saturated carbocycles. The molecular formula is C6H11NO. The third kappa shape index (κ3) is 1.22. The second-order valence-corrected chi connectivity index (χ2v) is 2.20. The standard InChI is InChI=1S/C6H11NO/c1-2-3-4-5-6(8)7-5/h5H,2-4H2,1H3,(H,7,8)/t5-/m0/s1. The summed E-state index contributed by atoms with van der Waals surface area (Å²) in [5.41, 5.74) is 0. The predicted octanol–water partition coefficient (Wildman–Crippen LogP) is 0.675. The topological polar surface area (TPSA) is 39.0 Å². The number of rotatable bonds is 3. The molecular weight excluding hydrogens is 102 g/mol. The Bertz CT molecular complexity index is 101. The molecule has 1 aliphatic heterocycles. The average molecular weight is 113 g/mol. The fourth-order valence-electron chi connectivity index (χ4n) is 0.742. The van der Waals surface area contributed by atoms with Gasteiger partial charge in [-0.2, -0.15) is 0 Å². The van der Waals surface area contributed by atoms with E-state index >= 15 is 0 Å². The quantitative estimate of drug-likeness (QED) is 0.537. The van der Waals surface area contributed by atoms with Crippen LogP contribution in [0.25, 0.3) is 0 Å². The lowest BCUT2D eigenvalue weighted by atomic mass is 10.2. The Labute approximate surface area is 49.3 Å². The van der Waals surface area contributed by atoms with Crippen LogP contribution in [0.5, 0.6) is 0 Å². The van der Waals surface area contributed by atoms with Crippen LogP contribution in [-0.4, -0.2) is 11.9 Å². The minimum atomic E-state index is 0.231. The number of unbranched alkanes of at least 4 members (excludes halogenated alkanes) is 1. The Balaban J connectivity index is 1.97. The van der Waals surface area contributed by atoms with Crippen molar-refractivity contribution in [3.05, 3.63) is 0 Å². The normalized spacial score (nSPS) is 25.1. The van der Waals surface area contributed by atoms with Crippen molar-refractivity contribution in [2.75, 3.05) is 0 Å². The molecule has 0 spiro atoms. The van der Waals surface area contributed by atoms with Gasteiger partial charge in [0.15, 0.2) is 0 Å². The van der Waals surface area contributed by atoms with Gasteiger partial charge in [0.2, 0.25) is 5.91 Å². The molecule has 0 aromatic carbocycles. The van der Waals surface area contributed by atoms with Crippen LogP contribution < -0.4 is 5.32 Å². The minimum Gasteiger partial charge on any atom is -0.343 e. The molecule has 0 aliphatic carbocycles. The first kappa shape index (κ1) is 5.60. The van der Waals surface area contributed by atoms with E-state index in [1.54, 1.807) is 0 Å². The molecule has 1 heterocycles. The van der Waals surface area contributed by atoms with E-state index in [1.807, 2.05) is 0 Å². The molecule has 0 bridgehead atoms. The molecule has 1 N–H and O–H groups in total. The van der Waals surface area contributed by atoms with E-state index < -0.39 is 0 Å². The third-order valence-electron chi connectivity index (χ3n) is 1.40. The maximum Gasteiger partial charge on any atom is 0.243 e. The lowest BCUT2D eigenvalue weighted by Crippen LogP contribution is -1.88. The Kier molecular flexibility index (Phi) is 1.51. The molecule has 0 aromatic rings. The van der Waals surface area contributed by atoms with E-state index in [0.717, 1.165) is 6.42 Å². The average Bonchev–Trinajstić information content (AvgIpc) is 2.42. The first-order valence-corrected chi connectivity index (χ1v) is 3.15. The van der Waals surface area contributed by atoms with Gasteiger partial charge in [-0.25, -0.2) is 0 Å².